The number of fused-ring (bicyclic) bond motifs is 1. The van der Waals surface area contributed by atoms with Gasteiger partial charge in [0.25, 0.3) is 0 Å². The van der Waals surface area contributed by atoms with Gasteiger partial charge in [-0.2, -0.15) is 5.10 Å². The van der Waals surface area contributed by atoms with Gasteiger partial charge in [0.15, 0.2) is 0 Å². The summed E-state index contributed by atoms with van der Waals surface area (Å²) in [6.45, 7) is 1.69. The number of nitrogens with zero attached hydrogens (tertiary/aromatic N) is 5. The molecular formula is C15H13F2N5O2. The van der Waals surface area contributed by atoms with Gasteiger partial charge >= 0.3 is 5.69 Å². The topological polar surface area (TPSA) is 76.6 Å². The lowest BCUT2D eigenvalue weighted by Gasteiger charge is -2.26. The predicted molar refractivity (Wildman–Crippen MR) is 82.8 cm³/mol. The first kappa shape index (κ1) is 15.8. The van der Waals surface area contributed by atoms with E-state index in [4.69, 9.17) is 0 Å². The highest BCUT2D eigenvalue weighted by Gasteiger charge is 2.21. The fourth-order valence-electron chi connectivity index (χ4n) is 2.41. The molecule has 9 heteroatoms. The van der Waals surface area contributed by atoms with Gasteiger partial charge in [-0.1, -0.05) is 0 Å². The highest BCUT2D eigenvalue weighted by Crippen LogP contribution is 2.28. The first-order chi connectivity index (χ1) is 11.4. The third kappa shape index (κ3) is 2.64. The zero-order valence-electron chi connectivity index (χ0n) is 12.8. The van der Waals surface area contributed by atoms with Crippen molar-refractivity contribution >= 4 is 17.2 Å². The quantitative estimate of drug-likeness (QED) is 0.541. The molecule has 3 aromatic rings. The first-order valence-corrected chi connectivity index (χ1v) is 7.05. The molecule has 1 atom stereocenters. The zero-order chi connectivity index (χ0) is 17.4. The Kier molecular flexibility index (Phi) is 3.84. The van der Waals surface area contributed by atoms with Crippen molar-refractivity contribution in [2.75, 3.05) is 11.9 Å². The minimum absolute atomic E-state index is 0.0799. The largest absolute Gasteiger partial charge is 0.353 e. The molecule has 1 aromatic carbocycles. The maximum absolute atomic E-state index is 14.0. The van der Waals surface area contributed by atoms with Gasteiger partial charge in [-0.15, -0.1) is 0 Å². The van der Waals surface area contributed by atoms with Crippen LogP contribution in [0.25, 0.3) is 5.65 Å². The number of benzene rings is 1. The van der Waals surface area contributed by atoms with Crippen LogP contribution in [0.2, 0.25) is 0 Å². The van der Waals surface area contributed by atoms with E-state index in [0.29, 0.717) is 5.82 Å². The molecule has 0 spiro atoms. The molecule has 0 radical (unpaired) electrons. The second kappa shape index (κ2) is 5.84. The standard InChI is InChI=1S/C15H13F2N5O2/c1-9(11-7-10(16)3-4-12(11)17)20(2)14-5-6-21-15(19-14)13(8-18-21)22(23)24/h3-9H,1-2H3. The maximum Gasteiger partial charge on any atom is 0.333 e. The fourth-order valence-corrected chi connectivity index (χ4v) is 2.41. The molecule has 0 aliphatic heterocycles. The summed E-state index contributed by atoms with van der Waals surface area (Å²) < 4.78 is 28.6. The van der Waals surface area contributed by atoms with Crippen molar-refractivity contribution in [1.29, 1.82) is 0 Å². The normalized spacial score (nSPS) is 12.3. The lowest BCUT2D eigenvalue weighted by molar-refractivity contribution is -0.383. The summed E-state index contributed by atoms with van der Waals surface area (Å²) >= 11 is 0. The second-order valence-electron chi connectivity index (χ2n) is 5.29. The molecule has 0 bridgehead atoms. The highest BCUT2D eigenvalue weighted by molar-refractivity contribution is 5.61. The van der Waals surface area contributed by atoms with Gasteiger partial charge in [-0.25, -0.2) is 18.3 Å². The van der Waals surface area contributed by atoms with Crippen LogP contribution >= 0.6 is 0 Å². The SMILES string of the molecule is CC(c1cc(F)ccc1F)N(C)c1ccn2ncc([N+](=O)[O-])c2n1. The average Bonchev–Trinajstić information content (AvgIpc) is 2.99. The highest BCUT2D eigenvalue weighted by atomic mass is 19.1. The van der Waals surface area contributed by atoms with Crippen LogP contribution in [0.5, 0.6) is 0 Å². The van der Waals surface area contributed by atoms with Crippen molar-refractivity contribution in [2.45, 2.75) is 13.0 Å². The van der Waals surface area contributed by atoms with Gasteiger partial charge in [0.05, 0.1) is 11.0 Å². The Morgan fingerprint density at radius 3 is 2.79 bits per heavy atom. The Labute approximate surface area is 135 Å². The third-order valence-corrected chi connectivity index (χ3v) is 3.88. The molecule has 3 rings (SSSR count). The minimum Gasteiger partial charge on any atom is -0.353 e. The Bertz CT molecular complexity index is 927. The molecule has 24 heavy (non-hydrogen) atoms. The van der Waals surface area contributed by atoms with Crippen molar-refractivity contribution in [3.8, 4) is 0 Å². The number of hydrogen-bond donors (Lipinski definition) is 0. The Morgan fingerprint density at radius 1 is 1.33 bits per heavy atom. The van der Waals surface area contributed by atoms with Crippen LogP contribution in [0.4, 0.5) is 20.3 Å². The first-order valence-electron chi connectivity index (χ1n) is 7.05. The minimum atomic E-state index is -0.575. The summed E-state index contributed by atoms with van der Waals surface area (Å²) in [5.74, 6) is -0.698. The van der Waals surface area contributed by atoms with E-state index in [9.17, 15) is 18.9 Å². The summed E-state index contributed by atoms with van der Waals surface area (Å²) in [4.78, 5) is 16.3. The van der Waals surface area contributed by atoms with E-state index in [1.54, 1.807) is 24.9 Å². The molecule has 7 nitrogen and oxygen atoms in total. The van der Waals surface area contributed by atoms with E-state index in [2.05, 4.69) is 10.1 Å². The number of nitro groups is 1. The summed E-state index contributed by atoms with van der Waals surface area (Å²) in [6.07, 6.45) is 2.64. The van der Waals surface area contributed by atoms with E-state index in [1.807, 2.05) is 0 Å². The Balaban J connectivity index is 2.01. The van der Waals surface area contributed by atoms with Crippen molar-refractivity contribution in [2.24, 2.45) is 0 Å². The third-order valence-electron chi connectivity index (χ3n) is 3.88. The second-order valence-corrected chi connectivity index (χ2v) is 5.29. The molecule has 0 saturated carbocycles. The van der Waals surface area contributed by atoms with Crippen molar-refractivity contribution < 1.29 is 13.7 Å². The van der Waals surface area contributed by atoms with E-state index in [-0.39, 0.29) is 16.9 Å². The summed E-state index contributed by atoms with van der Waals surface area (Å²) in [6, 6.07) is 4.30. The molecule has 2 aromatic heterocycles. The number of hydrogen-bond acceptors (Lipinski definition) is 5. The van der Waals surface area contributed by atoms with Crippen molar-refractivity contribution in [1.82, 2.24) is 14.6 Å². The van der Waals surface area contributed by atoms with Gasteiger partial charge < -0.3 is 4.90 Å². The molecule has 0 amide bonds. The lowest BCUT2D eigenvalue weighted by atomic mass is 10.1. The van der Waals surface area contributed by atoms with Gasteiger partial charge in [-0.05, 0) is 31.2 Å². The summed E-state index contributed by atoms with van der Waals surface area (Å²) in [7, 11) is 1.65. The van der Waals surface area contributed by atoms with Crippen LogP contribution in [-0.4, -0.2) is 26.6 Å². The van der Waals surface area contributed by atoms with Gasteiger partial charge in [0, 0.05) is 18.8 Å². The Morgan fingerprint density at radius 2 is 2.08 bits per heavy atom. The monoisotopic (exact) mass is 333 g/mol. The van der Waals surface area contributed by atoms with Crippen LogP contribution in [0.3, 0.4) is 0 Å². The van der Waals surface area contributed by atoms with Gasteiger partial charge in [0.2, 0.25) is 5.65 Å². The molecule has 0 saturated heterocycles. The van der Waals surface area contributed by atoms with E-state index in [1.165, 1.54) is 10.7 Å². The van der Waals surface area contributed by atoms with Crippen LogP contribution in [0.15, 0.2) is 36.7 Å². The van der Waals surface area contributed by atoms with Crippen LogP contribution < -0.4 is 4.90 Å². The molecule has 124 valence electrons. The number of aromatic nitrogens is 3. The van der Waals surface area contributed by atoms with Gasteiger partial charge in [0.1, 0.15) is 23.6 Å². The van der Waals surface area contributed by atoms with E-state index >= 15 is 0 Å². The predicted octanol–water partition coefficient (Wildman–Crippen LogP) is 3.11. The number of halogens is 2. The smallest absolute Gasteiger partial charge is 0.333 e. The molecule has 0 N–H and O–H groups in total. The average molecular weight is 333 g/mol. The maximum atomic E-state index is 14.0. The van der Waals surface area contributed by atoms with E-state index in [0.717, 1.165) is 24.4 Å². The van der Waals surface area contributed by atoms with E-state index < -0.39 is 22.6 Å². The number of rotatable bonds is 4. The molecule has 0 aliphatic carbocycles. The van der Waals surface area contributed by atoms with Crippen molar-refractivity contribution in [3.63, 3.8) is 0 Å². The van der Waals surface area contributed by atoms with Gasteiger partial charge in [-0.3, -0.25) is 10.1 Å². The van der Waals surface area contributed by atoms with Crippen LogP contribution in [-0.2, 0) is 0 Å². The Hall–Kier alpha value is -3.10. The summed E-state index contributed by atoms with van der Waals surface area (Å²) in [5.41, 5.74) is 0.0216. The van der Waals surface area contributed by atoms with Crippen LogP contribution in [0.1, 0.15) is 18.5 Å². The molecule has 2 heterocycles. The number of anilines is 1. The lowest BCUT2D eigenvalue weighted by Crippen LogP contribution is -2.24. The molecule has 0 aliphatic rings. The summed E-state index contributed by atoms with van der Waals surface area (Å²) in [5, 5.41) is 14.9. The fraction of sp³-hybridized carbons (Fsp3) is 0.200. The van der Waals surface area contributed by atoms with Crippen molar-refractivity contribution in [3.05, 3.63) is 64.0 Å². The molecule has 1 unspecified atom stereocenters. The molecule has 0 fully saturated rings. The van der Waals surface area contributed by atoms with Crippen LogP contribution in [0, 0.1) is 21.7 Å². The zero-order valence-corrected chi connectivity index (χ0v) is 12.8. The molecular weight excluding hydrogens is 320 g/mol.